The fourth-order valence-corrected chi connectivity index (χ4v) is 3.55. The molecule has 156 valence electrons. The molecule has 1 aromatic heterocycles. The van der Waals surface area contributed by atoms with Gasteiger partial charge in [-0.25, -0.2) is 4.98 Å². The van der Waals surface area contributed by atoms with Gasteiger partial charge in [-0.05, 0) is 22.8 Å². The van der Waals surface area contributed by atoms with Crippen LogP contribution in [0.3, 0.4) is 0 Å². The first-order chi connectivity index (χ1) is 15.2. The van der Waals surface area contributed by atoms with Gasteiger partial charge < -0.3 is 14.6 Å². The number of hydrogen-bond donors (Lipinski definition) is 1. The van der Waals surface area contributed by atoms with E-state index in [1.165, 1.54) is 5.56 Å². The van der Waals surface area contributed by atoms with Crippen LogP contribution in [0.15, 0.2) is 97.3 Å². The Balaban J connectivity index is 1.46. The SMILES string of the molecule is Cn1ccnc1C(NC(=O)COc1ccccc1Cc1ccccc1)c1ccccc1. The summed E-state index contributed by atoms with van der Waals surface area (Å²) in [4.78, 5) is 17.2. The molecule has 0 saturated heterocycles. The number of nitrogens with zero attached hydrogens (tertiary/aromatic N) is 2. The number of aromatic nitrogens is 2. The lowest BCUT2D eigenvalue weighted by Crippen LogP contribution is -2.34. The molecule has 5 nitrogen and oxygen atoms in total. The first kappa shape index (κ1) is 20.4. The van der Waals surface area contributed by atoms with Crippen LogP contribution in [-0.4, -0.2) is 22.1 Å². The van der Waals surface area contributed by atoms with Crippen LogP contribution in [0.5, 0.6) is 5.75 Å². The summed E-state index contributed by atoms with van der Waals surface area (Å²) >= 11 is 0. The van der Waals surface area contributed by atoms with Gasteiger partial charge in [-0.3, -0.25) is 4.79 Å². The zero-order valence-corrected chi connectivity index (χ0v) is 17.4. The van der Waals surface area contributed by atoms with Crippen molar-refractivity contribution < 1.29 is 9.53 Å². The van der Waals surface area contributed by atoms with E-state index in [0.29, 0.717) is 0 Å². The molecule has 4 rings (SSSR count). The number of benzene rings is 3. The molecule has 1 atom stereocenters. The van der Waals surface area contributed by atoms with E-state index in [0.717, 1.165) is 29.1 Å². The van der Waals surface area contributed by atoms with Crippen LogP contribution in [0.2, 0.25) is 0 Å². The molecule has 0 aliphatic carbocycles. The second-order valence-corrected chi connectivity index (χ2v) is 7.37. The van der Waals surface area contributed by atoms with Crippen LogP contribution in [0.1, 0.15) is 28.6 Å². The van der Waals surface area contributed by atoms with Gasteiger partial charge in [-0.1, -0.05) is 78.9 Å². The summed E-state index contributed by atoms with van der Waals surface area (Å²) < 4.78 is 7.83. The molecule has 4 aromatic rings. The molecule has 0 aliphatic heterocycles. The van der Waals surface area contributed by atoms with Crippen LogP contribution < -0.4 is 10.1 Å². The highest BCUT2D eigenvalue weighted by Crippen LogP contribution is 2.22. The molecule has 5 heteroatoms. The van der Waals surface area contributed by atoms with Gasteiger partial charge in [0.15, 0.2) is 6.61 Å². The van der Waals surface area contributed by atoms with Crippen LogP contribution in [0.25, 0.3) is 0 Å². The maximum Gasteiger partial charge on any atom is 0.258 e. The number of para-hydroxylation sites is 1. The number of carbonyl (C=O) groups excluding carboxylic acids is 1. The number of aryl methyl sites for hydroxylation is 1. The molecule has 1 unspecified atom stereocenters. The average Bonchev–Trinajstić information content (AvgIpc) is 3.23. The van der Waals surface area contributed by atoms with Crippen molar-refractivity contribution in [2.45, 2.75) is 12.5 Å². The Morgan fingerprint density at radius 1 is 0.968 bits per heavy atom. The Kier molecular flexibility index (Phi) is 6.43. The number of nitrogens with one attached hydrogen (secondary N) is 1. The first-order valence-electron chi connectivity index (χ1n) is 10.3. The van der Waals surface area contributed by atoms with Crippen LogP contribution in [-0.2, 0) is 18.3 Å². The summed E-state index contributed by atoms with van der Waals surface area (Å²) in [6.45, 7) is -0.0699. The Hall–Kier alpha value is -3.86. The number of imidazole rings is 1. The third kappa shape index (κ3) is 5.20. The number of carbonyl (C=O) groups is 1. The molecular weight excluding hydrogens is 386 g/mol. The monoisotopic (exact) mass is 411 g/mol. The second-order valence-electron chi connectivity index (χ2n) is 7.37. The zero-order chi connectivity index (χ0) is 21.5. The molecule has 0 fully saturated rings. The molecule has 31 heavy (non-hydrogen) atoms. The Morgan fingerprint density at radius 3 is 2.35 bits per heavy atom. The quantitative estimate of drug-likeness (QED) is 0.470. The largest absolute Gasteiger partial charge is 0.483 e. The van der Waals surface area contributed by atoms with Gasteiger partial charge >= 0.3 is 0 Å². The Labute approximate surface area is 182 Å². The number of rotatable bonds is 8. The minimum atomic E-state index is -0.350. The van der Waals surface area contributed by atoms with Crippen molar-refractivity contribution in [1.82, 2.24) is 14.9 Å². The number of hydrogen-bond acceptors (Lipinski definition) is 3. The molecule has 1 heterocycles. The van der Waals surface area contributed by atoms with Gasteiger partial charge in [0.25, 0.3) is 5.91 Å². The molecule has 3 aromatic carbocycles. The van der Waals surface area contributed by atoms with Crippen molar-refractivity contribution in [3.05, 3.63) is 120 Å². The third-order valence-electron chi connectivity index (χ3n) is 5.12. The summed E-state index contributed by atoms with van der Waals surface area (Å²) in [5.74, 6) is 1.28. The van der Waals surface area contributed by atoms with Crippen LogP contribution >= 0.6 is 0 Å². The van der Waals surface area contributed by atoms with Crippen molar-refractivity contribution in [2.24, 2.45) is 7.05 Å². The third-order valence-corrected chi connectivity index (χ3v) is 5.12. The van der Waals surface area contributed by atoms with Crippen molar-refractivity contribution in [2.75, 3.05) is 6.61 Å². The highest BCUT2D eigenvalue weighted by molar-refractivity contribution is 5.78. The summed E-state index contributed by atoms with van der Waals surface area (Å²) in [5, 5.41) is 3.07. The summed E-state index contributed by atoms with van der Waals surface area (Å²) in [6, 6.07) is 27.5. The van der Waals surface area contributed by atoms with Gasteiger partial charge in [-0.15, -0.1) is 0 Å². The minimum absolute atomic E-state index is 0.0699. The summed E-state index contributed by atoms with van der Waals surface area (Å²) in [7, 11) is 1.92. The number of ether oxygens (including phenoxy) is 1. The standard InChI is InChI=1S/C26H25N3O2/c1-29-17-16-27-26(29)25(21-12-6-3-7-13-21)28-24(30)19-31-23-15-9-8-14-22(23)18-20-10-4-2-5-11-20/h2-17,25H,18-19H2,1H3,(H,28,30). The maximum absolute atomic E-state index is 12.8. The van der Waals surface area contributed by atoms with Gasteiger partial charge in [-0.2, -0.15) is 0 Å². The molecule has 0 spiro atoms. The molecule has 0 saturated carbocycles. The summed E-state index contributed by atoms with van der Waals surface area (Å²) in [6.07, 6.45) is 4.35. The summed E-state index contributed by atoms with van der Waals surface area (Å²) in [5.41, 5.74) is 3.21. The van der Waals surface area contributed by atoms with E-state index in [9.17, 15) is 4.79 Å². The van der Waals surface area contributed by atoms with E-state index < -0.39 is 0 Å². The van der Waals surface area contributed by atoms with Crippen LogP contribution in [0.4, 0.5) is 0 Å². The van der Waals surface area contributed by atoms with E-state index in [1.54, 1.807) is 6.20 Å². The molecular formula is C26H25N3O2. The fourth-order valence-electron chi connectivity index (χ4n) is 3.55. The highest BCUT2D eigenvalue weighted by atomic mass is 16.5. The van der Waals surface area contributed by atoms with Gasteiger partial charge in [0.2, 0.25) is 0 Å². The van der Waals surface area contributed by atoms with E-state index in [4.69, 9.17) is 4.74 Å². The lowest BCUT2D eigenvalue weighted by molar-refractivity contribution is -0.123. The molecule has 0 radical (unpaired) electrons. The zero-order valence-electron chi connectivity index (χ0n) is 17.4. The molecule has 0 aliphatic rings. The van der Waals surface area contributed by atoms with Crippen molar-refractivity contribution in [3.63, 3.8) is 0 Å². The number of amides is 1. The highest BCUT2D eigenvalue weighted by Gasteiger charge is 2.21. The first-order valence-corrected chi connectivity index (χ1v) is 10.3. The molecule has 0 bridgehead atoms. The van der Waals surface area contributed by atoms with Gasteiger partial charge in [0, 0.05) is 25.9 Å². The van der Waals surface area contributed by atoms with E-state index in [-0.39, 0.29) is 18.6 Å². The van der Waals surface area contributed by atoms with Crippen LogP contribution in [0, 0.1) is 0 Å². The molecule has 1 amide bonds. The van der Waals surface area contributed by atoms with E-state index >= 15 is 0 Å². The van der Waals surface area contributed by atoms with E-state index in [2.05, 4.69) is 22.4 Å². The Morgan fingerprint density at radius 2 is 1.65 bits per heavy atom. The lowest BCUT2D eigenvalue weighted by Gasteiger charge is -2.19. The maximum atomic E-state index is 12.8. The lowest BCUT2D eigenvalue weighted by atomic mass is 10.0. The van der Waals surface area contributed by atoms with Crippen molar-refractivity contribution in [1.29, 1.82) is 0 Å². The minimum Gasteiger partial charge on any atom is -0.483 e. The van der Waals surface area contributed by atoms with Gasteiger partial charge in [0.05, 0.1) is 0 Å². The topological polar surface area (TPSA) is 56.2 Å². The normalized spacial score (nSPS) is 11.6. The Bertz CT molecular complexity index is 1120. The predicted molar refractivity (Wildman–Crippen MR) is 121 cm³/mol. The van der Waals surface area contributed by atoms with E-state index in [1.807, 2.05) is 90.6 Å². The average molecular weight is 412 g/mol. The second kappa shape index (κ2) is 9.76. The van der Waals surface area contributed by atoms with Crippen molar-refractivity contribution in [3.8, 4) is 5.75 Å². The fraction of sp³-hybridized carbons (Fsp3) is 0.154. The van der Waals surface area contributed by atoms with Gasteiger partial charge in [0.1, 0.15) is 17.6 Å². The predicted octanol–water partition coefficient (Wildman–Crippen LogP) is 4.30. The van der Waals surface area contributed by atoms with Crippen molar-refractivity contribution >= 4 is 5.91 Å². The molecule has 1 N–H and O–H groups in total. The smallest absolute Gasteiger partial charge is 0.258 e.